The molecule has 0 spiro atoms. The molecule has 1 heterocycles. The van der Waals surface area contributed by atoms with Gasteiger partial charge in [-0.3, -0.25) is 9.69 Å². The van der Waals surface area contributed by atoms with Gasteiger partial charge in [-0.2, -0.15) is 5.26 Å². The van der Waals surface area contributed by atoms with E-state index < -0.39 is 0 Å². The average Bonchev–Trinajstić information content (AvgIpc) is 2.95. The lowest BCUT2D eigenvalue weighted by molar-refractivity contribution is -0.117. The fourth-order valence-electron chi connectivity index (χ4n) is 2.23. The number of thiophene rings is 1. The van der Waals surface area contributed by atoms with Crippen molar-refractivity contribution in [1.29, 1.82) is 5.26 Å². The Morgan fingerprint density at radius 1 is 1.33 bits per heavy atom. The molecule has 1 aromatic heterocycles. The van der Waals surface area contributed by atoms with Gasteiger partial charge >= 0.3 is 0 Å². The SMILES string of the molecule is C=CCN(CC(=O)Nc1ccc(CC#N)cc1)Cc1ccc(Cl)s1. The first-order valence-corrected chi connectivity index (χ1v) is 8.63. The van der Waals surface area contributed by atoms with E-state index in [1.54, 1.807) is 6.08 Å². The summed E-state index contributed by atoms with van der Waals surface area (Å²) in [7, 11) is 0. The van der Waals surface area contributed by atoms with Crippen LogP contribution in [-0.4, -0.2) is 23.9 Å². The molecule has 124 valence electrons. The molecule has 0 fully saturated rings. The molecule has 1 amide bonds. The molecule has 1 aromatic carbocycles. The molecule has 0 bridgehead atoms. The molecule has 0 unspecified atom stereocenters. The van der Waals surface area contributed by atoms with Crippen LogP contribution in [0.5, 0.6) is 0 Å². The Bertz CT molecular complexity index is 733. The maximum absolute atomic E-state index is 12.2. The number of hydrogen-bond donors (Lipinski definition) is 1. The Hall–Kier alpha value is -2.13. The monoisotopic (exact) mass is 359 g/mol. The van der Waals surface area contributed by atoms with E-state index in [4.69, 9.17) is 16.9 Å². The van der Waals surface area contributed by atoms with Gasteiger partial charge in [0.25, 0.3) is 0 Å². The molecular formula is C18H18ClN3OS. The zero-order valence-corrected chi connectivity index (χ0v) is 14.7. The lowest BCUT2D eigenvalue weighted by Crippen LogP contribution is -2.32. The van der Waals surface area contributed by atoms with Crippen LogP contribution >= 0.6 is 22.9 Å². The van der Waals surface area contributed by atoms with Crippen molar-refractivity contribution >= 4 is 34.5 Å². The Kier molecular flexibility index (Phi) is 7.01. The van der Waals surface area contributed by atoms with Gasteiger partial charge < -0.3 is 5.32 Å². The van der Waals surface area contributed by atoms with E-state index in [-0.39, 0.29) is 12.5 Å². The molecule has 2 rings (SSSR count). The number of benzene rings is 1. The first-order valence-electron chi connectivity index (χ1n) is 7.44. The highest BCUT2D eigenvalue weighted by molar-refractivity contribution is 7.16. The second-order valence-electron chi connectivity index (χ2n) is 5.24. The smallest absolute Gasteiger partial charge is 0.238 e. The minimum Gasteiger partial charge on any atom is -0.325 e. The fraction of sp³-hybridized carbons (Fsp3) is 0.222. The number of hydrogen-bond acceptors (Lipinski definition) is 4. The summed E-state index contributed by atoms with van der Waals surface area (Å²) in [6, 6.07) is 13.2. The van der Waals surface area contributed by atoms with Gasteiger partial charge in [0.1, 0.15) is 0 Å². The van der Waals surface area contributed by atoms with Crippen LogP contribution in [0.3, 0.4) is 0 Å². The van der Waals surface area contributed by atoms with Crippen molar-refractivity contribution in [3.63, 3.8) is 0 Å². The summed E-state index contributed by atoms with van der Waals surface area (Å²) >= 11 is 7.46. The number of anilines is 1. The van der Waals surface area contributed by atoms with Gasteiger partial charge in [0.2, 0.25) is 5.91 Å². The quantitative estimate of drug-likeness (QED) is 0.722. The van der Waals surface area contributed by atoms with E-state index in [2.05, 4.69) is 18.0 Å². The highest BCUT2D eigenvalue weighted by Gasteiger charge is 2.12. The molecular weight excluding hydrogens is 342 g/mol. The molecule has 6 heteroatoms. The molecule has 4 nitrogen and oxygen atoms in total. The molecule has 0 aliphatic heterocycles. The van der Waals surface area contributed by atoms with Gasteiger partial charge in [0.05, 0.1) is 23.4 Å². The third kappa shape index (κ3) is 5.82. The summed E-state index contributed by atoms with van der Waals surface area (Å²) in [6.07, 6.45) is 2.14. The van der Waals surface area contributed by atoms with Crippen LogP contribution in [0.4, 0.5) is 5.69 Å². The molecule has 0 atom stereocenters. The highest BCUT2D eigenvalue weighted by Crippen LogP contribution is 2.22. The Morgan fingerprint density at radius 3 is 2.67 bits per heavy atom. The van der Waals surface area contributed by atoms with E-state index in [0.29, 0.717) is 19.5 Å². The van der Waals surface area contributed by atoms with Gasteiger partial charge in [-0.05, 0) is 29.8 Å². The largest absolute Gasteiger partial charge is 0.325 e. The Labute approximate surface area is 151 Å². The molecule has 0 saturated heterocycles. The summed E-state index contributed by atoms with van der Waals surface area (Å²) in [4.78, 5) is 15.3. The first-order chi connectivity index (χ1) is 11.6. The lowest BCUT2D eigenvalue weighted by Gasteiger charge is -2.19. The fourth-order valence-corrected chi connectivity index (χ4v) is 3.36. The number of rotatable bonds is 8. The van der Waals surface area contributed by atoms with Crippen molar-refractivity contribution in [1.82, 2.24) is 4.90 Å². The second-order valence-corrected chi connectivity index (χ2v) is 7.04. The number of carbonyl (C=O) groups is 1. The maximum Gasteiger partial charge on any atom is 0.238 e. The maximum atomic E-state index is 12.2. The van der Waals surface area contributed by atoms with Crippen molar-refractivity contribution in [2.75, 3.05) is 18.4 Å². The van der Waals surface area contributed by atoms with Crippen molar-refractivity contribution in [3.05, 3.63) is 63.8 Å². The van der Waals surface area contributed by atoms with Crippen LogP contribution in [0.15, 0.2) is 49.1 Å². The third-order valence-corrected chi connectivity index (χ3v) is 4.50. The molecule has 0 aliphatic carbocycles. The van der Waals surface area contributed by atoms with Crippen molar-refractivity contribution in [2.45, 2.75) is 13.0 Å². The van der Waals surface area contributed by atoms with E-state index in [1.165, 1.54) is 11.3 Å². The van der Waals surface area contributed by atoms with E-state index in [0.717, 1.165) is 20.5 Å². The lowest BCUT2D eigenvalue weighted by atomic mass is 10.1. The summed E-state index contributed by atoms with van der Waals surface area (Å²) in [6.45, 7) is 5.27. The Morgan fingerprint density at radius 2 is 2.08 bits per heavy atom. The topological polar surface area (TPSA) is 56.1 Å². The zero-order valence-electron chi connectivity index (χ0n) is 13.2. The minimum atomic E-state index is -0.0902. The molecule has 2 aromatic rings. The van der Waals surface area contributed by atoms with Gasteiger partial charge in [0, 0.05) is 23.7 Å². The Balaban J connectivity index is 1.92. The summed E-state index contributed by atoms with van der Waals surface area (Å²) in [5, 5.41) is 11.5. The molecule has 0 saturated carbocycles. The normalized spacial score (nSPS) is 10.4. The molecule has 0 radical (unpaired) electrons. The van der Waals surface area contributed by atoms with Gasteiger partial charge in [-0.1, -0.05) is 29.8 Å². The number of nitriles is 1. The zero-order chi connectivity index (χ0) is 17.4. The molecule has 1 N–H and O–H groups in total. The van der Waals surface area contributed by atoms with Crippen LogP contribution in [0.25, 0.3) is 0 Å². The number of amides is 1. The van der Waals surface area contributed by atoms with Gasteiger partial charge in [-0.15, -0.1) is 17.9 Å². The van der Waals surface area contributed by atoms with Crippen LogP contribution in [0.2, 0.25) is 4.34 Å². The molecule has 0 aliphatic rings. The van der Waals surface area contributed by atoms with Crippen molar-refractivity contribution in [2.24, 2.45) is 0 Å². The summed E-state index contributed by atoms with van der Waals surface area (Å²) in [5.74, 6) is -0.0902. The number of nitrogens with one attached hydrogen (secondary N) is 1. The standard InChI is InChI=1S/C18H18ClN3OS/c1-2-11-22(12-16-7-8-17(19)24-16)13-18(23)21-15-5-3-14(4-6-15)9-10-20/h2-8H,1,9,11-13H2,(H,21,23). The van der Waals surface area contributed by atoms with Gasteiger partial charge in [-0.25, -0.2) is 0 Å². The number of halogens is 1. The van der Waals surface area contributed by atoms with Crippen LogP contribution < -0.4 is 5.32 Å². The highest BCUT2D eigenvalue weighted by atomic mass is 35.5. The van der Waals surface area contributed by atoms with E-state index >= 15 is 0 Å². The van der Waals surface area contributed by atoms with Crippen LogP contribution in [0.1, 0.15) is 10.4 Å². The van der Waals surface area contributed by atoms with Crippen molar-refractivity contribution in [3.8, 4) is 6.07 Å². The molecule has 24 heavy (non-hydrogen) atoms. The number of carbonyl (C=O) groups excluding carboxylic acids is 1. The second kappa shape index (κ2) is 9.24. The van der Waals surface area contributed by atoms with Crippen LogP contribution in [0, 0.1) is 11.3 Å². The minimum absolute atomic E-state index is 0.0902. The van der Waals surface area contributed by atoms with E-state index in [9.17, 15) is 4.79 Å². The summed E-state index contributed by atoms with van der Waals surface area (Å²) < 4.78 is 0.741. The first kappa shape index (κ1) is 18.2. The predicted molar refractivity (Wildman–Crippen MR) is 99.2 cm³/mol. The average molecular weight is 360 g/mol. The third-order valence-electron chi connectivity index (χ3n) is 3.28. The summed E-state index contributed by atoms with van der Waals surface area (Å²) in [5.41, 5.74) is 1.65. The van der Waals surface area contributed by atoms with Crippen molar-refractivity contribution < 1.29 is 4.79 Å². The van der Waals surface area contributed by atoms with E-state index in [1.807, 2.05) is 41.3 Å². The number of nitrogens with zero attached hydrogens (tertiary/aromatic N) is 2. The van der Waals surface area contributed by atoms with Gasteiger partial charge in [0.15, 0.2) is 0 Å². The van der Waals surface area contributed by atoms with Crippen LogP contribution in [-0.2, 0) is 17.8 Å². The predicted octanol–water partition coefficient (Wildman–Crippen LogP) is 4.09.